The van der Waals surface area contributed by atoms with Crippen LogP contribution in [0.2, 0.25) is 0 Å². The molecular formula is C38H69NO8. The van der Waals surface area contributed by atoms with Crippen LogP contribution in [0, 0.1) is 0 Å². The van der Waals surface area contributed by atoms with E-state index < -0.39 is 49.5 Å². The van der Waals surface area contributed by atoms with Gasteiger partial charge in [-0.25, -0.2) is 0 Å². The van der Waals surface area contributed by atoms with Crippen molar-refractivity contribution in [1.82, 2.24) is 5.32 Å². The van der Waals surface area contributed by atoms with Crippen LogP contribution in [0.3, 0.4) is 0 Å². The van der Waals surface area contributed by atoms with Gasteiger partial charge in [0.15, 0.2) is 6.29 Å². The number of hydrogen-bond acceptors (Lipinski definition) is 8. The number of aliphatic hydroxyl groups is 5. The Labute approximate surface area is 285 Å². The van der Waals surface area contributed by atoms with Gasteiger partial charge >= 0.3 is 0 Å². The van der Waals surface area contributed by atoms with E-state index in [2.05, 4.69) is 43.5 Å². The fraction of sp³-hybridized carbons (Fsp3) is 0.816. The molecule has 7 atom stereocenters. The Morgan fingerprint density at radius 3 is 1.87 bits per heavy atom. The van der Waals surface area contributed by atoms with Crippen molar-refractivity contribution in [3.05, 3.63) is 36.5 Å². The predicted molar refractivity (Wildman–Crippen MR) is 189 cm³/mol. The molecule has 0 aromatic heterocycles. The zero-order chi connectivity index (χ0) is 34.5. The molecule has 1 fully saturated rings. The van der Waals surface area contributed by atoms with Crippen LogP contribution < -0.4 is 5.32 Å². The number of hydrogen-bond donors (Lipinski definition) is 6. The molecule has 1 rings (SSSR count). The highest BCUT2D eigenvalue weighted by Gasteiger charge is 2.44. The molecule has 1 amide bonds. The van der Waals surface area contributed by atoms with E-state index in [1.807, 2.05) is 6.08 Å². The standard InChI is InChI=1S/C38H69NO8/c1-3-5-7-9-11-13-14-15-16-17-18-20-22-24-26-28-34(42)39-31(32(41)27-25-23-21-19-12-10-8-6-4-2)30-46-38-37(45)36(44)35(43)33(29-40)47-38/h11,13,15-16,25,27,31-33,35-38,40-41,43-45H,3-10,12,14,17-24,26,28-30H2,1-2H3,(H,39,42)/b13-11-,16-15-,27-25+. The summed E-state index contributed by atoms with van der Waals surface area (Å²) in [5.41, 5.74) is 0. The molecule has 0 aromatic carbocycles. The molecule has 0 bridgehead atoms. The van der Waals surface area contributed by atoms with Crippen molar-refractivity contribution in [3.8, 4) is 0 Å². The molecule has 9 heteroatoms. The summed E-state index contributed by atoms with van der Waals surface area (Å²) in [6, 6.07) is -0.807. The zero-order valence-electron chi connectivity index (χ0n) is 29.5. The third-order valence-corrected chi connectivity index (χ3v) is 8.71. The van der Waals surface area contributed by atoms with Crippen LogP contribution in [0.1, 0.15) is 142 Å². The third-order valence-electron chi connectivity index (χ3n) is 8.71. The normalized spacial score (nSPS) is 23.3. The van der Waals surface area contributed by atoms with E-state index in [9.17, 15) is 30.3 Å². The Hall–Kier alpha value is -1.59. The summed E-state index contributed by atoms with van der Waals surface area (Å²) in [5.74, 6) is -0.197. The zero-order valence-corrected chi connectivity index (χ0v) is 29.5. The molecule has 0 aliphatic carbocycles. The summed E-state index contributed by atoms with van der Waals surface area (Å²) in [5, 5.41) is 53.7. The van der Waals surface area contributed by atoms with E-state index in [4.69, 9.17) is 9.47 Å². The second-order valence-corrected chi connectivity index (χ2v) is 13.0. The van der Waals surface area contributed by atoms with Crippen molar-refractivity contribution in [3.63, 3.8) is 0 Å². The summed E-state index contributed by atoms with van der Waals surface area (Å²) in [6.45, 7) is 3.67. The number of rotatable bonds is 29. The first kappa shape index (κ1) is 43.4. The van der Waals surface area contributed by atoms with Gasteiger partial charge in [0.05, 0.1) is 25.4 Å². The quantitative estimate of drug-likeness (QED) is 0.0411. The minimum absolute atomic E-state index is 0.195. The van der Waals surface area contributed by atoms with Gasteiger partial charge in [0.25, 0.3) is 0 Å². The average molecular weight is 668 g/mol. The van der Waals surface area contributed by atoms with Crippen molar-refractivity contribution in [2.24, 2.45) is 0 Å². The average Bonchev–Trinajstić information content (AvgIpc) is 3.07. The smallest absolute Gasteiger partial charge is 0.220 e. The van der Waals surface area contributed by atoms with Crippen LogP contribution >= 0.6 is 0 Å². The lowest BCUT2D eigenvalue weighted by Gasteiger charge is -2.40. The third kappa shape index (κ3) is 21.2. The maximum atomic E-state index is 12.8. The van der Waals surface area contributed by atoms with Crippen molar-refractivity contribution in [2.45, 2.75) is 185 Å². The van der Waals surface area contributed by atoms with Gasteiger partial charge < -0.3 is 40.3 Å². The second kappa shape index (κ2) is 29.3. The molecular weight excluding hydrogens is 598 g/mol. The molecule has 1 heterocycles. The van der Waals surface area contributed by atoms with Crippen LogP contribution in [0.4, 0.5) is 0 Å². The maximum Gasteiger partial charge on any atom is 0.220 e. The number of amides is 1. The lowest BCUT2D eigenvalue weighted by Crippen LogP contribution is -2.60. The molecule has 274 valence electrons. The molecule has 0 aromatic rings. The molecule has 0 spiro atoms. The van der Waals surface area contributed by atoms with Gasteiger partial charge in [-0.3, -0.25) is 4.79 Å². The van der Waals surface area contributed by atoms with E-state index in [-0.39, 0.29) is 12.5 Å². The minimum Gasteiger partial charge on any atom is -0.394 e. The monoisotopic (exact) mass is 668 g/mol. The topological polar surface area (TPSA) is 149 Å². The van der Waals surface area contributed by atoms with E-state index in [1.54, 1.807) is 6.08 Å². The Bertz CT molecular complexity index is 833. The van der Waals surface area contributed by atoms with Crippen LogP contribution in [-0.4, -0.2) is 87.5 Å². The summed E-state index contributed by atoms with van der Waals surface area (Å²) >= 11 is 0. The van der Waals surface area contributed by atoms with Gasteiger partial charge in [-0.05, 0) is 51.4 Å². The van der Waals surface area contributed by atoms with Gasteiger partial charge in [0.2, 0.25) is 5.91 Å². The van der Waals surface area contributed by atoms with Crippen molar-refractivity contribution in [2.75, 3.05) is 13.2 Å². The summed E-state index contributed by atoms with van der Waals surface area (Å²) < 4.78 is 11.1. The molecule has 47 heavy (non-hydrogen) atoms. The van der Waals surface area contributed by atoms with Crippen LogP contribution in [0.25, 0.3) is 0 Å². The first-order chi connectivity index (χ1) is 22.8. The van der Waals surface area contributed by atoms with Crippen molar-refractivity contribution >= 4 is 5.91 Å². The predicted octanol–water partition coefficient (Wildman–Crippen LogP) is 6.16. The second-order valence-electron chi connectivity index (χ2n) is 13.0. The van der Waals surface area contributed by atoms with Gasteiger partial charge in [-0.15, -0.1) is 0 Å². The number of nitrogens with one attached hydrogen (secondary N) is 1. The highest BCUT2D eigenvalue weighted by Crippen LogP contribution is 2.22. The number of carbonyl (C=O) groups is 1. The SMILES string of the molecule is CCCCC/C=C\C/C=C\CCCCCCCC(=O)NC(COC1OC(CO)C(O)C(O)C1O)C(O)/C=C/CCCCCCCCC. The number of aliphatic hydroxyl groups excluding tert-OH is 5. The minimum atomic E-state index is -1.57. The molecule has 0 saturated carbocycles. The maximum absolute atomic E-state index is 12.8. The van der Waals surface area contributed by atoms with Gasteiger partial charge in [0, 0.05) is 6.42 Å². The fourth-order valence-corrected chi connectivity index (χ4v) is 5.59. The summed E-state index contributed by atoms with van der Waals surface area (Å²) in [7, 11) is 0. The molecule has 9 nitrogen and oxygen atoms in total. The highest BCUT2D eigenvalue weighted by molar-refractivity contribution is 5.76. The number of unbranched alkanes of at least 4 members (excludes halogenated alkanes) is 15. The Kier molecular flexibility index (Phi) is 27.1. The largest absolute Gasteiger partial charge is 0.394 e. The van der Waals surface area contributed by atoms with E-state index in [0.29, 0.717) is 6.42 Å². The molecule has 6 N–H and O–H groups in total. The highest BCUT2D eigenvalue weighted by atomic mass is 16.7. The van der Waals surface area contributed by atoms with E-state index in [0.717, 1.165) is 64.2 Å². The summed E-state index contributed by atoms with van der Waals surface area (Å²) in [6.07, 6.45) is 26.2. The molecule has 1 saturated heterocycles. The molecule has 7 unspecified atom stereocenters. The molecule has 1 aliphatic heterocycles. The van der Waals surface area contributed by atoms with Gasteiger partial charge in [-0.1, -0.05) is 121 Å². The number of carbonyl (C=O) groups excluding carboxylic acids is 1. The van der Waals surface area contributed by atoms with Crippen molar-refractivity contribution in [1.29, 1.82) is 0 Å². The van der Waals surface area contributed by atoms with Crippen LogP contribution in [0.5, 0.6) is 0 Å². The van der Waals surface area contributed by atoms with Crippen LogP contribution in [0.15, 0.2) is 36.5 Å². The Morgan fingerprint density at radius 1 is 0.723 bits per heavy atom. The van der Waals surface area contributed by atoms with Crippen LogP contribution in [-0.2, 0) is 14.3 Å². The van der Waals surface area contributed by atoms with E-state index in [1.165, 1.54) is 57.8 Å². The summed E-state index contributed by atoms with van der Waals surface area (Å²) in [4.78, 5) is 12.8. The fourth-order valence-electron chi connectivity index (χ4n) is 5.59. The first-order valence-corrected chi connectivity index (χ1v) is 18.7. The van der Waals surface area contributed by atoms with Gasteiger partial charge in [-0.2, -0.15) is 0 Å². The Morgan fingerprint density at radius 2 is 1.26 bits per heavy atom. The first-order valence-electron chi connectivity index (χ1n) is 18.7. The molecule has 0 radical (unpaired) electrons. The lowest BCUT2D eigenvalue weighted by atomic mass is 9.99. The Balaban J connectivity index is 2.46. The lowest BCUT2D eigenvalue weighted by molar-refractivity contribution is -0.302. The van der Waals surface area contributed by atoms with E-state index >= 15 is 0 Å². The number of ether oxygens (including phenoxy) is 2. The van der Waals surface area contributed by atoms with Gasteiger partial charge in [0.1, 0.15) is 24.4 Å². The van der Waals surface area contributed by atoms with Crippen molar-refractivity contribution < 1.29 is 39.8 Å². The number of allylic oxidation sites excluding steroid dienone is 5. The molecule has 1 aliphatic rings.